The number of rotatable bonds is 3. The van der Waals surface area contributed by atoms with Gasteiger partial charge >= 0.3 is 0 Å². The van der Waals surface area contributed by atoms with Crippen LogP contribution in [-0.4, -0.2) is 9.78 Å². The van der Waals surface area contributed by atoms with Crippen molar-refractivity contribution in [3.05, 3.63) is 52.9 Å². The van der Waals surface area contributed by atoms with Crippen LogP contribution in [0.15, 0.2) is 36.5 Å². The maximum atomic E-state index is 13.2. The highest BCUT2D eigenvalue weighted by atomic mass is 32.1. The van der Waals surface area contributed by atoms with Crippen LogP contribution >= 0.6 is 11.3 Å². The number of nitrogens with two attached hydrogens (primary N) is 1. The number of aromatic nitrogens is 2. The molecule has 3 rings (SSSR count). The third-order valence-electron chi connectivity index (χ3n) is 2.98. The molecule has 0 saturated heterocycles. The van der Waals surface area contributed by atoms with Crippen molar-refractivity contribution in [3.8, 4) is 0 Å². The number of thiophene rings is 1. The zero-order chi connectivity index (χ0) is 13.4. The molecule has 98 valence electrons. The van der Waals surface area contributed by atoms with Gasteiger partial charge in [-0.05, 0) is 29.7 Å². The normalized spacial score (nSPS) is 13.0. The van der Waals surface area contributed by atoms with Crippen molar-refractivity contribution >= 4 is 21.4 Å². The molecule has 1 aromatic carbocycles. The Morgan fingerprint density at radius 1 is 1.37 bits per heavy atom. The first-order valence-electron chi connectivity index (χ1n) is 5.82. The molecule has 0 aliphatic rings. The van der Waals surface area contributed by atoms with Gasteiger partial charge in [-0.1, -0.05) is 6.07 Å². The number of aryl methyl sites for hydroxylation is 1. The number of hydrogen-bond acceptors (Lipinski definition) is 4. The van der Waals surface area contributed by atoms with Gasteiger partial charge in [0.1, 0.15) is 5.82 Å². The smallest absolute Gasteiger partial charge is 0.124 e. The average molecular weight is 276 g/mol. The number of benzene rings is 1. The molecule has 3 aromatic rings. The Balaban J connectivity index is 2.06. The summed E-state index contributed by atoms with van der Waals surface area (Å²) in [6, 6.07) is 8.52. The van der Waals surface area contributed by atoms with Gasteiger partial charge in [0, 0.05) is 22.8 Å². The summed E-state index contributed by atoms with van der Waals surface area (Å²) in [6.07, 6.45) is 1.87. The molecule has 2 heterocycles. The molecule has 19 heavy (non-hydrogen) atoms. The summed E-state index contributed by atoms with van der Waals surface area (Å²) in [7, 11) is 1.86. The van der Waals surface area contributed by atoms with Crippen LogP contribution in [0, 0.1) is 5.82 Å². The van der Waals surface area contributed by atoms with Crippen LogP contribution in [0.1, 0.15) is 16.6 Å². The highest BCUT2D eigenvalue weighted by Crippen LogP contribution is 2.32. The van der Waals surface area contributed by atoms with Gasteiger partial charge in [-0.2, -0.15) is 5.10 Å². The van der Waals surface area contributed by atoms with Crippen LogP contribution in [0.3, 0.4) is 0 Å². The summed E-state index contributed by atoms with van der Waals surface area (Å²) in [5, 5.41) is 5.36. The first-order valence-corrected chi connectivity index (χ1v) is 6.63. The van der Waals surface area contributed by atoms with E-state index in [1.165, 1.54) is 23.5 Å². The van der Waals surface area contributed by atoms with E-state index < -0.39 is 0 Å². The Hall–Kier alpha value is -1.76. The van der Waals surface area contributed by atoms with Crippen molar-refractivity contribution in [2.45, 2.75) is 6.04 Å². The molecular formula is C13H13FN4S. The Bertz CT molecular complexity index is 718. The summed E-state index contributed by atoms with van der Waals surface area (Å²) in [6.45, 7) is 0. The molecule has 4 nitrogen and oxygen atoms in total. The number of hydrogen-bond donors (Lipinski definition) is 2. The fourth-order valence-electron chi connectivity index (χ4n) is 2.07. The largest absolute Gasteiger partial charge is 0.275 e. The second kappa shape index (κ2) is 4.73. The number of fused-ring (bicyclic) bond motifs is 1. The standard InChI is InChI=1S/C13H13FN4S/c1-18-5-4-10(17-18)13(16-15)12-6-8-2-3-9(14)7-11(8)19-12/h2-7,13,16H,15H2,1H3. The van der Waals surface area contributed by atoms with Gasteiger partial charge in [0.05, 0.1) is 11.7 Å². The Morgan fingerprint density at radius 3 is 2.89 bits per heavy atom. The molecule has 0 spiro atoms. The van der Waals surface area contributed by atoms with E-state index in [0.29, 0.717) is 0 Å². The quantitative estimate of drug-likeness (QED) is 0.570. The maximum Gasteiger partial charge on any atom is 0.124 e. The van der Waals surface area contributed by atoms with Gasteiger partial charge < -0.3 is 0 Å². The summed E-state index contributed by atoms with van der Waals surface area (Å²) in [4.78, 5) is 1.02. The Morgan fingerprint density at radius 2 is 2.21 bits per heavy atom. The van der Waals surface area contributed by atoms with E-state index in [1.807, 2.05) is 25.4 Å². The monoisotopic (exact) mass is 276 g/mol. The van der Waals surface area contributed by atoms with E-state index in [9.17, 15) is 4.39 Å². The molecular weight excluding hydrogens is 263 g/mol. The fraction of sp³-hybridized carbons (Fsp3) is 0.154. The van der Waals surface area contributed by atoms with Gasteiger partial charge in [0.2, 0.25) is 0 Å². The molecule has 0 aliphatic carbocycles. The third-order valence-corrected chi connectivity index (χ3v) is 4.15. The topological polar surface area (TPSA) is 55.9 Å². The number of nitrogens with zero attached hydrogens (tertiary/aromatic N) is 2. The maximum absolute atomic E-state index is 13.2. The van der Waals surface area contributed by atoms with E-state index in [0.717, 1.165) is 20.7 Å². The number of nitrogens with one attached hydrogen (secondary N) is 1. The summed E-state index contributed by atoms with van der Waals surface area (Å²) < 4.78 is 15.8. The zero-order valence-electron chi connectivity index (χ0n) is 10.3. The molecule has 2 aromatic heterocycles. The van der Waals surface area contributed by atoms with Crippen LogP contribution in [0.2, 0.25) is 0 Å². The van der Waals surface area contributed by atoms with Crippen molar-refractivity contribution in [3.63, 3.8) is 0 Å². The highest BCUT2D eigenvalue weighted by Gasteiger charge is 2.17. The second-order valence-corrected chi connectivity index (χ2v) is 5.46. The van der Waals surface area contributed by atoms with E-state index >= 15 is 0 Å². The van der Waals surface area contributed by atoms with E-state index in [2.05, 4.69) is 10.5 Å². The summed E-state index contributed by atoms with van der Waals surface area (Å²) in [5.41, 5.74) is 3.61. The van der Waals surface area contributed by atoms with Crippen molar-refractivity contribution in [2.75, 3.05) is 0 Å². The van der Waals surface area contributed by atoms with Crippen LogP contribution in [0.25, 0.3) is 10.1 Å². The van der Waals surface area contributed by atoms with Crippen LogP contribution in [0.5, 0.6) is 0 Å². The lowest BCUT2D eigenvalue weighted by Gasteiger charge is -2.10. The molecule has 0 bridgehead atoms. The lowest BCUT2D eigenvalue weighted by molar-refractivity contribution is 0.611. The molecule has 0 radical (unpaired) electrons. The van der Waals surface area contributed by atoms with Crippen molar-refractivity contribution in [1.82, 2.24) is 15.2 Å². The minimum absolute atomic E-state index is 0.179. The number of halogens is 1. The Kier molecular flexibility index (Phi) is 3.06. The molecule has 0 amide bonds. The molecule has 0 fully saturated rings. The third kappa shape index (κ3) is 2.25. The van der Waals surface area contributed by atoms with Gasteiger partial charge in [-0.15, -0.1) is 11.3 Å². The lowest BCUT2D eigenvalue weighted by Crippen LogP contribution is -2.28. The van der Waals surface area contributed by atoms with E-state index in [1.54, 1.807) is 10.7 Å². The summed E-state index contributed by atoms with van der Waals surface area (Å²) >= 11 is 1.52. The van der Waals surface area contributed by atoms with Crippen LogP contribution in [-0.2, 0) is 7.05 Å². The minimum Gasteiger partial charge on any atom is -0.275 e. The molecule has 1 unspecified atom stereocenters. The van der Waals surface area contributed by atoms with Gasteiger partial charge in [-0.25, -0.2) is 9.82 Å². The minimum atomic E-state index is -0.226. The van der Waals surface area contributed by atoms with E-state index in [4.69, 9.17) is 5.84 Å². The van der Waals surface area contributed by atoms with Crippen LogP contribution in [0.4, 0.5) is 4.39 Å². The lowest BCUT2D eigenvalue weighted by atomic mass is 10.1. The van der Waals surface area contributed by atoms with Crippen molar-refractivity contribution in [2.24, 2.45) is 12.9 Å². The van der Waals surface area contributed by atoms with Crippen molar-refractivity contribution in [1.29, 1.82) is 0 Å². The molecule has 3 N–H and O–H groups in total. The fourth-order valence-corrected chi connectivity index (χ4v) is 3.23. The van der Waals surface area contributed by atoms with E-state index in [-0.39, 0.29) is 11.9 Å². The highest BCUT2D eigenvalue weighted by molar-refractivity contribution is 7.19. The molecule has 0 aliphatic heterocycles. The first-order chi connectivity index (χ1) is 9.17. The average Bonchev–Trinajstić information content (AvgIpc) is 2.96. The summed E-state index contributed by atoms with van der Waals surface area (Å²) in [5.74, 6) is 5.41. The van der Waals surface area contributed by atoms with Gasteiger partial charge in [0.15, 0.2) is 0 Å². The molecule has 1 atom stereocenters. The SMILES string of the molecule is Cn1ccc(C(NN)c2cc3ccc(F)cc3s2)n1. The zero-order valence-corrected chi connectivity index (χ0v) is 11.1. The number of hydrazine groups is 1. The first kappa shape index (κ1) is 12.3. The molecule has 6 heteroatoms. The van der Waals surface area contributed by atoms with Gasteiger partial charge in [-0.3, -0.25) is 10.5 Å². The second-order valence-electron chi connectivity index (χ2n) is 4.34. The predicted octanol–water partition coefficient (Wildman–Crippen LogP) is 2.33. The Labute approximate surface area is 113 Å². The van der Waals surface area contributed by atoms with Gasteiger partial charge in [0.25, 0.3) is 0 Å². The molecule has 0 saturated carbocycles. The van der Waals surface area contributed by atoms with Crippen LogP contribution < -0.4 is 11.3 Å². The predicted molar refractivity (Wildman–Crippen MR) is 74.2 cm³/mol. The van der Waals surface area contributed by atoms with Crippen molar-refractivity contribution < 1.29 is 4.39 Å².